The van der Waals surface area contributed by atoms with Gasteiger partial charge >= 0.3 is 11.9 Å². The molecule has 101 valence electrons. The van der Waals surface area contributed by atoms with Gasteiger partial charge in [0.1, 0.15) is 5.25 Å². The molecular formula is C12H22NaO4S. The van der Waals surface area contributed by atoms with Gasteiger partial charge in [0.2, 0.25) is 0 Å². The Morgan fingerprint density at radius 2 is 1.56 bits per heavy atom. The van der Waals surface area contributed by atoms with Gasteiger partial charge in [-0.2, -0.15) is 12.6 Å². The van der Waals surface area contributed by atoms with Crippen LogP contribution in [0.15, 0.2) is 0 Å². The van der Waals surface area contributed by atoms with Crippen LogP contribution in [0, 0.1) is 0 Å². The number of carbonyl (C=O) groups is 2. The van der Waals surface area contributed by atoms with Gasteiger partial charge in [0.25, 0.3) is 0 Å². The molecule has 18 heavy (non-hydrogen) atoms. The molecule has 0 aliphatic heterocycles. The molecule has 0 spiro atoms. The summed E-state index contributed by atoms with van der Waals surface area (Å²) in [5.41, 5.74) is 0. The molecule has 0 heterocycles. The molecule has 0 aliphatic carbocycles. The number of thiol groups is 1. The van der Waals surface area contributed by atoms with Crippen molar-refractivity contribution >= 4 is 54.1 Å². The van der Waals surface area contributed by atoms with Crippen LogP contribution >= 0.6 is 12.6 Å². The third-order valence-corrected chi connectivity index (χ3v) is 2.53. The van der Waals surface area contributed by atoms with E-state index in [0.717, 1.165) is 25.7 Å². The predicted molar refractivity (Wildman–Crippen MR) is 74.9 cm³/mol. The van der Waals surface area contributed by atoms with Crippen LogP contribution in [0.5, 0.6) is 0 Å². The molecule has 0 fully saturated rings. The van der Waals surface area contributed by atoms with Crippen molar-refractivity contribution in [2.75, 3.05) is 13.2 Å². The number of carbonyl (C=O) groups excluding carboxylic acids is 2. The summed E-state index contributed by atoms with van der Waals surface area (Å²) in [6.45, 7) is 4.81. The van der Waals surface area contributed by atoms with Crippen molar-refractivity contribution in [3.63, 3.8) is 0 Å². The van der Waals surface area contributed by atoms with E-state index in [1.807, 2.05) is 13.8 Å². The summed E-state index contributed by atoms with van der Waals surface area (Å²) < 4.78 is 9.88. The molecule has 0 amide bonds. The van der Waals surface area contributed by atoms with E-state index in [0.29, 0.717) is 13.2 Å². The van der Waals surface area contributed by atoms with Crippen molar-refractivity contribution in [3.05, 3.63) is 0 Å². The smallest absolute Gasteiger partial charge is 0.319 e. The zero-order valence-electron chi connectivity index (χ0n) is 11.6. The summed E-state index contributed by atoms with van der Waals surface area (Å²) in [7, 11) is 0. The van der Waals surface area contributed by atoms with Crippen LogP contribution in [0.2, 0.25) is 0 Å². The Morgan fingerprint density at radius 3 is 2.06 bits per heavy atom. The van der Waals surface area contributed by atoms with E-state index in [4.69, 9.17) is 9.47 Å². The average molecular weight is 285 g/mol. The number of unbranched alkanes of at least 4 members (excludes halogenated alkanes) is 2. The maximum Gasteiger partial charge on any atom is 0.319 e. The third kappa shape index (κ3) is 11.4. The Kier molecular flexibility index (Phi) is 15.7. The van der Waals surface area contributed by atoms with Gasteiger partial charge in [-0.3, -0.25) is 9.59 Å². The zero-order valence-corrected chi connectivity index (χ0v) is 14.5. The average Bonchev–Trinajstić information content (AvgIpc) is 2.29. The normalized spacial score (nSPS) is 11.3. The second-order valence-corrected chi connectivity index (χ2v) is 4.44. The minimum atomic E-state index is -0.721. The topological polar surface area (TPSA) is 52.6 Å². The van der Waals surface area contributed by atoms with Crippen molar-refractivity contribution in [2.24, 2.45) is 0 Å². The van der Waals surface area contributed by atoms with Gasteiger partial charge in [0.15, 0.2) is 0 Å². The Bertz CT molecular complexity index is 236. The first-order valence-corrected chi connectivity index (χ1v) is 6.63. The van der Waals surface area contributed by atoms with E-state index in [1.54, 1.807) is 0 Å². The van der Waals surface area contributed by atoms with Crippen molar-refractivity contribution in [3.8, 4) is 0 Å². The number of ether oxygens (including phenoxy) is 2. The Hall–Kier alpha value is 0.290. The number of hydrogen-bond donors (Lipinski definition) is 1. The molecule has 0 aliphatic rings. The van der Waals surface area contributed by atoms with E-state index in [-0.39, 0.29) is 36.0 Å². The molecule has 0 saturated carbocycles. The second-order valence-electron chi connectivity index (χ2n) is 3.81. The first-order chi connectivity index (χ1) is 8.11. The molecule has 0 saturated heterocycles. The standard InChI is InChI=1S/C12H22O4S.Na/c1-3-5-7-15-11(13)9-10(17)12(14)16-8-6-4-2;/h10,17H,3-9H2,1-2H3;. The van der Waals surface area contributed by atoms with Gasteiger partial charge in [-0.1, -0.05) is 26.7 Å². The Labute approximate surface area is 137 Å². The summed E-state index contributed by atoms with van der Waals surface area (Å²) in [4.78, 5) is 22.7. The molecule has 0 bridgehead atoms. The molecule has 1 unspecified atom stereocenters. The molecule has 1 atom stereocenters. The minimum Gasteiger partial charge on any atom is -0.466 e. The van der Waals surface area contributed by atoms with Crippen LogP contribution < -0.4 is 0 Å². The van der Waals surface area contributed by atoms with Crippen molar-refractivity contribution < 1.29 is 19.1 Å². The number of hydrogen-bond acceptors (Lipinski definition) is 5. The zero-order chi connectivity index (χ0) is 13.1. The molecule has 1 radical (unpaired) electrons. The van der Waals surface area contributed by atoms with E-state index < -0.39 is 17.2 Å². The van der Waals surface area contributed by atoms with Crippen LogP contribution in [-0.4, -0.2) is 60.0 Å². The monoisotopic (exact) mass is 285 g/mol. The molecule has 0 aromatic rings. The molecular weight excluding hydrogens is 263 g/mol. The number of esters is 2. The van der Waals surface area contributed by atoms with Crippen LogP contribution in [0.1, 0.15) is 46.0 Å². The fourth-order valence-corrected chi connectivity index (χ4v) is 1.27. The molecule has 6 heteroatoms. The molecule has 0 aromatic carbocycles. The summed E-state index contributed by atoms with van der Waals surface area (Å²) in [6, 6.07) is 0. The summed E-state index contributed by atoms with van der Waals surface area (Å²) in [6.07, 6.45) is 3.56. The summed E-state index contributed by atoms with van der Waals surface area (Å²) in [5.74, 6) is -0.847. The Balaban J connectivity index is 0. The van der Waals surface area contributed by atoms with Crippen molar-refractivity contribution in [1.29, 1.82) is 0 Å². The largest absolute Gasteiger partial charge is 0.466 e. The van der Waals surface area contributed by atoms with Crippen molar-refractivity contribution in [2.45, 2.75) is 51.2 Å². The van der Waals surface area contributed by atoms with Crippen LogP contribution in [-0.2, 0) is 19.1 Å². The van der Waals surface area contributed by atoms with E-state index in [1.165, 1.54) is 0 Å². The summed E-state index contributed by atoms with van der Waals surface area (Å²) >= 11 is 4.04. The first-order valence-electron chi connectivity index (χ1n) is 6.12. The van der Waals surface area contributed by atoms with Gasteiger partial charge in [-0.25, -0.2) is 0 Å². The van der Waals surface area contributed by atoms with E-state index in [9.17, 15) is 9.59 Å². The molecule has 0 rings (SSSR count). The van der Waals surface area contributed by atoms with Crippen molar-refractivity contribution in [1.82, 2.24) is 0 Å². The van der Waals surface area contributed by atoms with Crippen LogP contribution in [0.4, 0.5) is 0 Å². The SMILES string of the molecule is CCCCOC(=O)CC(S)C(=O)OCCCC.[Na]. The Morgan fingerprint density at radius 1 is 1.06 bits per heavy atom. The van der Waals surface area contributed by atoms with Gasteiger partial charge in [-0.05, 0) is 12.8 Å². The van der Waals surface area contributed by atoms with E-state index >= 15 is 0 Å². The van der Waals surface area contributed by atoms with Gasteiger partial charge in [0, 0.05) is 29.6 Å². The summed E-state index contributed by atoms with van der Waals surface area (Å²) in [5, 5.41) is -0.721. The second kappa shape index (κ2) is 13.7. The van der Waals surface area contributed by atoms with Gasteiger partial charge in [0.05, 0.1) is 19.6 Å². The van der Waals surface area contributed by atoms with Crippen LogP contribution in [0.3, 0.4) is 0 Å². The minimum absolute atomic E-state index is 0. The maximum atomic E-state index is 11.4. The first kappa shape index (κ1) is 20.6. The number of rotatable bonds is 9. The third-order valence-electron chi connectivity index (χ3n) is 2.14. The molecule has 0 aromatic heterocycles. The van der Waals surface area contributed by atoms with E-state index in [2.05, 4.69) is 12.6 Å². The fraction of sp³-hybridized carbons (Fsp3) is 0.833. The predicted octanol–water partition coefficient (Wildman–Crippen LogP) is 1.98. The molecule has 0 N–H and O–H groups in total. The molecule has 4 nitrogen and oxygen atoms in total. The van der Waals surface area contributed by atoms with Crippen LogP contribution in [0.25, 0.3) is 0 Å². The van der Waals surface area contributed by atoms with Gasteiger partial charge < -0.3 is 9.47 Å². The fourth-order valence-electron chi connectivity index (χ4n) is 1.04. The maximum absolute atomic E-state index is 11.4. The quantitative estimate of drug-likeness (QED) is 0.305. The van der Waals surface area contributed by atoms with Gasteiger partial charge in [-0.15, -0.1) is 0 Å².